The van der Waals surface area contributed by atoms with Crippen LogP contribution in [0.2, 0.25) is 0 Å². The number of nitrogens with zero attached hydrogens (tertiary/aromatic N) is 9. The maximum absolute atomic E-state index is 13.9. The lowest BCUT2D eigenvalue weighted by molar-refractivity contribution is -0.212. The monoisotopic (exact) mass is 724 g/mol. The molecule has 52 heavy (non-hydrogen) atoms. The average Bonchev–Trinajstić information content (AvgIpc) is 3.66. The molecule has 5 aromatic heterocycles. The van der Waals surface area contributed by atoms with Crippen LogP contribution in [0.25, 0.3) is 33.3 Å². The van der Waals surface area contributed by atoms with Gasteiger partial charge in [-0.2, -0.15) is 14.9 Å². The van der Waals surface area contributed by atoms with E-state index < -0.39 is 24.5 Å². The van der Waals surface area contributed by atoms with Gasteiger partial charge in [-0.05, 0) is 51.5 Å². The number of carbonyl (C=O) groups excluding carboxylic acids is 2. The first-order valence-corrected chi connectivity index (χ1v) is 17.1. The van der Waals surface area contributed by atoms with Gasteiger partial charge in [0, 0.05) is 66.6 Å². The number of morpholine rings is 1. The van der Waals surface area contributed by atoms with Crippen molar-refractivity contribution in [3.8, 4) is 11.3 Å². The van der Waals surface area contributed by atoms with Gasteiger partial charge in [0.2, 0.25) is 5.91 Å². The van der Waals surface area contributed by atoms with Gasteiger partial charge in [-0.1, -0.05) is 0 Å². The molecule has 2 amide bonds. The number of carbonyl (C=O) groups is 2. The van der Waals surface area contributed by atoms with Crippen LogP contribution in [0.4, 0.5) is 24.8 Å². The zero-order valence-corrected chi connectivity index (χ0v) is 28.4. The second-order valence-electron chi connectivity index (χ2n) is 14.0. The number of halogens is 3. The lowest BCUT2D eigenvalue weighted by atomic mass is 9.80. The number of imidazole rings is 1. The maximum atomic E-state index is 13.9. The number of anilines is 2. The van der Waals surface area contributed by atoms with Gasteiger partial charge in [0.25, 0.3) is 5.91 Å². The standard InChI is InChI=1S/C34H38F3N11O4/c1-33(42-30(49)19-4-5-19)8-6-21(7-9-33)48-23-15-25(38-17-24(23)44(2)32(48)51)40-26-14-22(31(50)46-10-12-52-13-11-46)27-28(41-26)29(45(3)43-27)20-16-39-47(18-20)34(35,36)37/h14-19,21H,4-13H2,1-3H3,(H,42,49)(H,38,40,41)/i2D3. The Hall–Kier alpha value is -5.26. The molecule has 18 heteroatoms. The van der Waals surface area contributed by atoms with E-state index in [2.05, 4.69) is 25.8 Å². The van der Waals surface area contributed by atoms with Gasteiger partial charge in [0.15, 0.2) is 0 Å². The zero-order chi connectivity index (χ0) is 39.0. The number of amides is 2. The van der Waals surface area contributed by atoms with Crippen LogP contribution in [0.1, 0.15) is 66.0 Å². The Bertz CT molecular complexity index is 2380. The van der Waals surface area contributed by atoms with E-state index in [9.17, 15) is 27.6 Å². The van der Waals surface area contributed by atoms with Gasteiger partial charge >= 0.3 is 12.0 Å². The lowest BCUT2D eigenvalue weighted by Gasteiger charge is -2.38. The molecule has 2 N–H and O–H groups in total. The molecule has 5 aromatic rings. The number of nitrogens with one attached hydrogen (secondary N) is 2. The summed E-state index contributed by atoms with van der Waals surface area (Å²) in [4.78, 5) is 51.1. The number of rotatable bonds is 7. The smallest absolute Gasteiger partial charge is 0.378 e. The zero-order valence-electron chi connectivity index (χ0n) is 31.4. The van der Waals surface area contributed by atoms with E-state index in [1.165, 1.54) is 34.6 Å². The normalized spacial score (nSPS) is 22.3. The van der Waals surface area contributed by atoms with Crippen LogP contribution < -0.4 is 16.3 Å². The molecule has 0 bridgehead atoms. The largest absolute Gasteiger partial charge is 0.504 e. The summed E-state index contributed by atoms with van der Waals surface area (Å²) in [5, 5.41) is 14.2. The molecule has 8 rings (SSSR count). The van der Waals surface area contributed by atoms with Crippen molar-refractivity contribution in [1.29, 1.82) is 0 Å². The highest BCUT2D eigenvalue weighted by atomic mass is 19.4. The SMILES string of the molecule is [2H]C([2H])([2H])n1c(=O)n(C2CCC(C)(NC(=O)C3CC3)CC2)c2cc(Nc3cc(C(=O)N4CCOCC4)c4nn(C)c(-c5cnn(C(F)(F)F)c5)c4n3)ncc21. The van der Waals surface area contributed by atoms with Crippen LogP contribution in [0, 0.1) is 5.92 Å². The predicted molar refractivity (Wildman–Crippen MR) is 183 cm³/mol. The topological polar surface area (TPSA) is 159 Å². The molecule has 0 unspecified atom stereocenters. The van der Waals surface area contributed by atoms with Gasteiger partial charge in [-0.15, -0.1) is 13.2 Å². The summed E-state index contributed by atoms with van der Waals surface area (Å²) < 4.78 is 73.8. The lowest BCUT2D eigenvalue weighted by Crippen LogP contribution is -2.49. The van der Waals surface area contributed by atoms with E-state index >= 15 is 0 Å². The summed E-state index contributed by atoms with van der Waals surface area (Å²) in [5.41, 5.74) is -0.132. The number of aromatic nitrogens is 8. The summed E-state index contributed by atoms with van der Waals surface area (Å²) in [7, 11) is 1.53. The highest BCUT2D eigenvalue weighted by Gasteiger charge is 2.38. The van der Waals surface area contributed by atoms with Crippen molar-refractivity contribution in [2.75, 3.05) is 31.6 Å². The molecule has 1 saturated heterocycles. The van der Waals surface area contributed by atoms with E-state index in [1.807, 2.05) is 6.92 Å². The van der Waals surface area contributed by atoms with Crippen molar-refractivity contribution in [2.45, 2.75) is 63.3 Å². The fraction of sp³-hybridized carbons (Fsp3) is 0.500. The summed E-state index contributed by atoms with van der Waals surface area (Å²) in [5.74, 6) is -0.0466. The maximum Gasteiger partial charge on any atom is 0.504 e. The fourth-order valence-electron chi connectivity index (χ4n) is 7.27. The number of alkyl halides is 3. The molecule has 0 radical (unpaired) electrons. The van der Waals surface area contributed by atoms with Crippen molar-refractivity contribution >= 4 is 45.5 Å². The Morgan fingerprint density at radius 3 is 2.46 bits per heavy atom. The molecule has 6 heterocycles. The first-order valence-electron chi connectivity index (χ1n) is 18.6. The van der Waals surface area contributed by atoms with E-state index in [0.29, 0.717) is 57.5 Å². The minimum Gasteiger partial charge on any atom is -0.378 e. The minimum atomic E-state index is -4.77. The van der Waals surface area contributed by atoms with Crippen molar-refractivity contribution in [3.63, 3.8) is 0 Å². The summed E-state index contributed by atoms with van der Waals surface area (Å²) in [6.45, 7) is 0.455. The van der Waals surface area contributed by atoms with Crippen LogP contribution in [0.3, 0.4) is 0 Å². The first kappa shape index (κ1) is 30.4. The third-order valence-corrected chi connectivity index (χ3v) is 10.2. The number of hydrogen-bond acceptors (Lipinski definition) is 9. The highest BCUT2D eigenvalue weighted by Crippen LogP contribution is 2.38. The van der Waals surface area contributed by atoms with Crippen molar-refractivity contribution in [2.24, 2.45) is 19.9 Å². The Labute approximate surface area is 298 Å². The Kier molecular flexibility index (Phi) is 7.27. The van der Waals surface area contributed by atoms with Crippen molar-refractivity contribution < 1.29 is 31.6 Å². The van der Waals surface area contributed by atoms with Crippen LogP contribution in [-0.2, 0) is 29.9 Å². The second kappa shape index (κ2) is 12.5. The van der Waals surface area contributed by atoms with Crippen molar-refractivity contribution in [3.05, 3.63) is 46.8 Å². The third kappa shape index (κ3) is 6.07. The van der Waals surface area contributed by atoms with Gasteiger partial charge in [-0.3, -0.25) is 23.4 Å². The molecule has 274 valence electrons. The molecular formula is C34H38F3N11O4. The van der Waals surface area contributed by atoms with E-state index in [-0.39, 0.29) is 73.5 Å². The highest BCUT2D eigenvalue weighted by molar-refractivity contribution is 6.08. The van der Waals surface area contributed by atoms with Crippen LogP contribution in [-0.4, -0.2) is 87.2 Å². The Morgan fingerprint density at radius 1 is 1.04 bits per heavy atom. The number of pyridine rings is 2. The third-order valence-electron chi connectivity index (χ3n) is 10.2. The molecule has 0 atom stereocenters. The van der Waals surface area contributed by atoms with Gasteiger partial charge in [0.05, 0.1) is 47.9 Å². The molecule has 2 aliphatic carbocycles. The number of fused-ring (bicyclic) bond motifs is 2. The Balaban J connectivity index is 1.19. The van der Waals surface area contributed by atoms with Crippen LogP contribution in [0.5, 0.6) is 0 Å². The predicted octanol–water partition coefficient (Wildman–Crippen LogP) is 3.97. The molecule has 3 aliphatic rings. The summed E-state index contributed by atoms with van der Waals surface area (Å²) in [6.07, 6.45) is 2.29. The number of aryl methyl sites for hydroxylation is 2. The second-order valence-corrected chi connectivity index (χ2v) is 14.0. The van der Waals surface area contributed by atoms with Crippen LogP contribution >= 0.6 is 0 Å². The molecule has 2 saturated carbocycles. The quantitative estimate of drug-likeness (QED) is 0.253. The average molecular weight is 725 g/mol. The summed E-state index contributed by atoms with van der Waals surface area (Å²) >= 11 is 0. The molecule has 3 fully saturated rings. The van der Waals surface area contributed by atoms with Gasteiger partial charge in [0.1, 0.15) is 22.7 Å². The fourth-order valence-corrected chi connectivity index (χ4v) is 7.27. The molecule has 1 aliphatic heterocycles. The summed E-state index contributed by atoms with van der Waals surface area (Å²) in [6, 6.07) is 2.64. The van der Waals surface area contributed by atoms with E-state index in [0.717, 1.165) is 29.8 Å². The minimum absolute atomic E-state index is 0.0373. The number of hydrogen-bond donors (Lipinski definition) is 2. The molecule has 15 nitrogen and oxygen atoms in total. The molecular weight excluding hydrogens is 683 g/mol. The Morgan fingerprint density at radius 2 is 1.79 bits per heavy atom. The van der Waals surface area contributed by atoms with Gasteiger partial charge < -0.3 is 20.3 Å². The van der Waals surface area contributed by atoms with E-state index in [4.69, 9.17) is 13.8 Å². The molecule has 0 aromatic carbocycles. The first-order chi connectivity index (χ1) is 26.0. The van der Waals surface area contributed by atoms with Crippen molar-refractivity contribution in [1.82, 2.24) is 48.9 Å². The number of ether oxygens (including phenoxy) is 1. The van der Waals surface area contributed by atoms with E-state index in [1.54, 1.807) is 4.90 Å². The van der Waals surface area contributed by atoms with Gasteiger partial charge in [-0.25, -0.2) is 14.8 Å². The molecule has 0 spiro atoms. The van der Waals surface area contributed by atoms with Crippen LogP contribution in [0.15, 0.2) is 35.5 Å².